The van der Waals surface area contributed by atoms with E-state index in [9.17, 15) is 0 Å². The topological polar surface area (TPSA) is 54.2 Å². The van der Waals surface area contributed by atoms with Crippen LogP contribution in [0.2, 0.25) is 5.02 Å². The summed E-state index contributed by atoms with van der Waals surface area (Å²) in [5.41, 5.74) is 1.66. The predicted molar refractivity (Wildman–Crippen MR) is 86.5 cm³/mol. The third kappa shape index (κ3) is 3.08. The molecule has 0 radical (unpaired) electrons. The molecular formula is C15H16ClN5. The highest BCUT2D eigenvalue weighted by molar-refractivity contribution is 6.30. The van der Waals surface area contributed by atoms with Crippen molar-refractivity contribution in [3.05, 3.63) is 47.9 Å². The van der Waals surface area contributed by atoms with Crippen molar-refractivity contribution in [2.75, 3.05) is 17.2 Å². The van der Waals surface area contributed by atoms with E-state index in [1.54, 1.807) is 6.20 Å². The molecule has 0 atom stereocenters. The summed E-state index contributed by atoms with van der Waals surface area (Å²) in [5, 5.41) is 7.24. The highest BCUT2D eigenvalue weighted by Crippen LogP contribution is 2.23. The first-order valence-corrected chi connectivity index (χ1v) is 7.24. The molecule has 0 aliphatic carbocycles. The van der Waals surface area contributed by atoms with E-state index in [-0.39, 0.29) is 0 Å². The SMILES string of the molecule is CCCNc1cn2ccnc2c(Nc2cccc(Cl)c2)n1. The van der Waals surface area contributed by atoms with Crippen molar-refractivity contribution in [1.82, 2.24) is 14.4 Å². The molecule has 5 nitrogen and oxygen atoms in total. The number of hydrogen-bond donors (Lipinski definition) is 2. The van der Waals surface area contributed by atoms with Crippen molar-refractivity contribution in [2.24, 2.45) is 0 Å². The number of anilines is 3. The summed E-state index contributed by atoms with van der Waals surface area (Å²) in [6, 6.07) is 7.53. The Morgan fingerprint density at radius 3 is 3.05 bits per heavy atom. The summed E-state index contributed by atoms with van der Waals surface area (Å²) in [4.78, 5) is 8.92. The maximum absolute atomic E-state index is 6.01. The molecule has 0 fully saturated rings. The van der Waals surface area contributed by atoms with Gasteiger partial charge < -0.3 is 15.0 Å². The highest BCUT2D eigenvalue weighted by Gasteiger charge is 2.08. The third-order valence-electron chi connectivity index (χ3n) is 3.02. The molecule has 0 bridgehead atoms. The van der Waals surface area contributed by atoms with E-state index in [1.807, 2.05) is 41.1 Å². The number of nitrogens with zero attached hydrogens (tertiary/aromatic N) is 3. The van der Waals surface area contributed by atoms with E-state index in [4.69, 9.17) is 11.6 Å². The Hall–Kier alpha value is -2.27. The molecule has 108 valence electrons. The largest absolute Gasteiger partial charge is 0.369 e. The Balaban J connectivity index is 1.97. The smallest absolute Gasteiger partial charge is 0.180 e. The van der Waals surface area contributed by atoms with Crippen LogP contribution in [0.5, 0.6) is 0 Å². The van der Waals surface area contributed by atoms with Gasteiger partial charge >= 0.3 is 0 Å². The maximum atomic E-state index is 6.01. The van der Waals surface area contributed by atoms with E-state index in [2.05, 4.69) is 27.5 Å². The van der Waals surface area contributed by atoms with E-state index in [0.29, 0.717) is 10.8 Å². The summed E-state index contributed by atoms with van der Waals surface area (Å²) in [5.74, 6) is 1.51. The Labute approximate surface area is 128 Å². The van der Waals surface area contributed by atoms with Gasteiger partial charge in [0.25, 0.3) is 0 Å². The fourth-order valence-corrected chi connectivity index (χ4v) is 2.25. The molecule has 0 aliphatic heterocycles. The lowest BCUT2D eigenvalue weighted by Crippen LogP contribution is -2.06. The molecule has 2 heterocycles. The summed E-state index contributed by atoms with van der Waals surface area (Å²) < 4.78 is 1.94. The zero-order chi connectivity index (χ0) is 14.7. The van der Waals surface area contributed by atoms with Gasteiger partial charge in [-0.2, -0.15) is 0 Å². The minimum absolute atomic E-state index is 0.680. The fraction of sp³-hybridized carbons (Fsp3) is 0.200. The van der Waals surface area contributed by atoms with Crippen molar-refractivity contribution in [1.29, 1.82) is 0 Å². The van der Waals surface area contributed by atoms with Crippen LogP contribution in [0.3, 0.4) is 0 Å². The molecule has 21 heavy (non-hydrogen) atoms. The molecule has 0 saturated heterocycles. The van der Waals surface area contributed by atoms with Crippen LogP contribution < -0.4 is 10.6 Å². The van der Waals surface area contributed by atoms with Crippen LogP contribution in [0.1, 0.15) is 13.3 Å². The molecule has 0 unspecified atom stereocenters. The van der Waals surface area contributed by atoms with E-state index >= 15 is 0 Å². The van der Waals surface area contributed by atoms with Crippen LogP contribution in [0.15, 0.2) is 42.9 Å². The number of fused-ring (bicyclic) bond motifs is 1. The summed E-state index contributed by atoms with van der Waals surface area (Å²) in [7, 11) is 0. The summed E-state index contributed by atoms with van der Waals surface area (Å²) in [6.45, 7) is 3.00. The number of hydrogen-bond acceptors (Lipinski definition) is 4. The van der Waals surface area contributed by atoms with Gasteiger partial charge in [0, 0.05) is 29.6 Å². The first-order chi connectivity index (χ1) is 10.3. The first kappa shape index (κ1) is 13.7. The summed E-state index contributed by atoms with van der Waals surface area (Å²) >= 11 is 6.01. The van der Waals surface area contributed by atoms with Gasteiger partial charge in [0.2, 0.25) is 0 Å². The highest BCUT2D eigenvalue weighted by atomic mass is 35.5. The van der Waals surface area contributed by atoms with Crippen LogP contribution in [-0.4, -0.2) is 20.9 Å². The molecule has 1 aromatic carbocycles. The van der Waals surface area contributed by atoms with E-state index in [1.165, 1.54) is 0 Å². The Kier molecular flexibility index (Phi) is 3.92. The Bertz CT molecular complexity index is 753. The van der Waals surface area contributed by atoms with Crippen LogP contribution in [0, 0.1) is 0 Å². The Morgan fingerprint density at radius 2 is 2.24 bits per heavy atom. The molecule has 3 rings (SSSR count). The first-order valence-electron chi connectivity index (χ1n) is 6.86. The standard InChI is InChI=1S/C15H16ClN5/c1-2-6-17-13-10-21-8-7-18-15(21)14(20-13)19-12-5-3-4-11(16)9-12/h3-5,7-10,17H,2,6H2,1H3,(H,19,20). The van der Waals surface area contributed by atoms with Crippen molar-refractivity contribution < 1.29 is 0 Å². The van der Waals surface area contributed by atoms with Crippen LogP contribution in [0.4, 0.5) is 17.3 Å². The number of rotatable bonds is 5. The average Bonchev–Trinajstić information content (AvgIpc) is 2.94. The second-order valence-electron chi connectivity index (χ2n) is 4.69. The van der Waals surface area contributed by atoms with Gasteiger partial charge in [0.05, 0.1) is 6.20 Å². The van der Waals surface area contributed by atoms with Gasteiger partial charge in [0.1, 0.15) is 5.82 Å². The number of imidazole rings is 1. The maximum Gasteiger partial charge on any atom is 0.180 e. The molecule has 3 aromatic rings. The minimum atomic E-state index is 0.680. The number of halogens is 1. The van der Waals surface area contributed by atoms with Crippen molar-refractivity contribution in [2.45, 2.75) is 13.3 Å². The zero-order valence-electron chi connectivity index (χ0n) is 11.7. The number of benzene rings is 1. The zero-order valence-corrected chi connectivity index (χ0v) is 12.4. The second-order valence-corrected chi connectivity index (χ2v) is 5.13. The number of aromatic nitrogens is 3. The molecule has 0 amide bonds. The Morgan fingerprint density at radius 1 is 1.33 bits per heavy atom. The third-order valence-corrected chi connectivity index (χ3v) is 3.25. The van der Waals surface area contributed by atoms with Crippen molar-refractivity contribution in [3.63, 3.8) is 0 Å². The lowest BCUT2D eigenvalue weighted by molar-refractivity contribution is 0.962. The molecular weight excluding hydrogens is 286 g/mol. The van der Waals surface area contributed by atoms with Gasteiger partial charge in [-0.1, -0.05) is 24.6 Å². The lowest BCUT2D eigenvalue weighted by Gasteiger charge is -2.11. The second kappa shape index (κ2) is 6.01. The van der Waals surface area contributed by atoms with Gasteiger partial charge in [-0.3, -0.25) is 0 Å². The number of nitrogens with one attached hydrogen (secondary N) is 2. The van der Waals surface area contributed by atoms with Crippen LogP contribution in [-0.2, 0) is 0 Å². The molecule has 2 aromatic heterocycles. The minimum Gasteiger partial charge on any atom is -0.369 e. The van der Waals surface area contributed by atoms with Crippen LogP contribution >= 0.6 is 11.6 Å². The molecule has 0 aliphatic rings. The fourth-order valence-electron chi connectivity index (χ4n) is 2.06. The van der Waals surface area contributed by atoms with Gasteiger partial charge in [-0.05, 0) is 24.6 Å². The van der Waals surface area contributed by atoms with Crippen molar-refractivity contribution in [3.8, 4) is 0 Å². The predicted octanol–water partition coefficient (Wildman–Crippen LogP) is 3.95. The van der Waals surface area contributed by atoms with E-state index < -0.39 is 0 Å². The molecule has 0 saturated carbocycles. The van der Waals surface area contributed by atoms with E-state index in [0.717, 1.165) is 30.1 Å². The van der Waals surface area contributed by atoms with Gasteiger partial charge in [-0.25, -0.2) is 9.97 Å². The van der Waals surface area contributed by atoms with Gasteiger partial charge in [-0.15, -0.1) is 0 Å². The summed E-state index contributed by atoms with van der Waals surface area (Å²) in [6.07, 6.45) is 6.63. The van der Waals surface area contributed by atoms with Crippen molar-refractivity contribution >= 4 is 34.6 Å². The monoisotopic (exact) mass is 301 g/mol. The molecule has 2 N–H and O–H groups in total. The van der Waals surface area contributed by atoms with Gasteiger partial charge in [0.15, 0.2) is 11.5 Å². The quantitative estimate of drug-likeness (QED) is 0.749. The normalized spacial score (nSPS) is 10.8. The molecule has 6 heteroatoms. The van der Waals surface area contributed by atoms with Crippen LogP contribution in [0.25, 0.3) is 5.65 Å². The lowest BCUT2D eigenvalue weighted by atomic mass is 10.3. The molecule has 0 spiro atoms. The average molecular weight is 302 g/mol.